The van der Waals surface area contributed by atoms with Crippen LogP contribution in [0.15, 0.2) is 60.3 Å². The van der Waals surface area contributed by atoms with Crippen LogP contribution in [0.4, 0.5) is 0 Å². The molecule has 0 unspecified atom stereocenters. The molecular formula is C29H40O6. The highest BCUT2D eigenvalue weighted by atomic mass is 16.6. The van der Waals surface area contributed by atoms with E-state index in [2.05, 4.69) is 26.8 Å². The zero-order chi connectivity index (χ0) is 25.4. The van der Waals surface area contributed by atoms with Crippen LogP contribution in [0.2, 0.25) is 0 Å². The molecule has 3 rings (SSSR count). The number of carbonyl (C=O) groups is 2. The average molecular weight is 485 g/mol. The topological polar surface area (TPSA) is 85.4 Å². The summed E-state index contributed by atoms with van der Waals surface area (Å²) in [6, 6.07) is 0. The van der Waals surface area contributed by atoms with Gasteiger partial charge in [0.2, 0.25) is 0 Å². The Morgan fingerprint density at radius 3 is 2.23 bits per heavy atom. The van der Waals surface area contributed by atoms with Crippen LogP contribution in [0.25, 0.3) is 0 Å². The largest absolute Gasteiger partial charge is 0.478 e. The van der Waals surface area contributed by atoms with Gasteiger partial charge in [0.05, 0.1) is 18.3 Å². The van der Waals surface area contributed by atoms with Gasteiger partial charge in [-0.05, 0) is 63.7 Å². The molecule has 1 heterocycles. The molecule has 35 heavy (non-hydrogen) atoms. The Labute approximate surface area is 209 Å². The lowest BCUT2D eigenvalue weighted by molar-refractivity contribution is -0.167. The fourth-order valence-corrected chi connectivity index (χ4v) is 5.60. The van der Waals surface area contributed by atoms with E-state index in [0.29, 0.717) is 11.8 Å². The van der Waals surface area contributed by atoms with Crippen molar-refractivity contribution >= 4 is 11.9 Å². The Morgan fingerprint density at radius 2 is 1.69 bits per heavy atom. The van der Waals surface area contributed by atoms with Crippen molar-refractivity contribution in [1.82, 2.24) is 0 Å². The van der Waals surface area contributed by atoms with Gasteiger partial charge >= 0.3 is 11.9 Å². The summed E-state index contributed by atoms with van der Waals surface area (Å²) < 4.78 is 18.0. The molecule has 3 fully saturated rings. The van der Waals surface area contributed by atoms with Gasteiger partial charge < -0.3 is 19.3 Å². The van der Waals surface area contributed by atoms with E-state index < -0.39 is 5.97 Å². The summed E-state index contributed by atoms with van der Waals surface area (Å²) in [5.74, 6) is 0.575. The first-order valence-electron chi connectivity index (χ1n) is 12.7. The Balaban J connectivity index is 1.63. The SMILES string of the molecule is CO[C@H]1[C@H]([C@H](C)[C@@H](CC=C(C)C)C2CC2)[C@]2(CC[C@H]1OC(=O)/C=C/C=C/C=C/C=C/C(=O)O)CO2. The predicted octanol–water partition coefficient (Wildman–Crippen LogP) is 5.42. The molecule has 2 aliphatic carbocycles. The Morgan fingerprint density at radius 1 is 1.06 bits per heavy atom. The number of ether oxygens (including phenoxy) is 3. The molecular weight excluding hydrogens is 444 g/mol. The second kappa shape index (κ2) is 12.5. The van der Waals surface area contributed by atoms with E-state index in [-0.39, 0.29) is 29.7 Å². The Hall–Kier alpha value is -2.44. The van der Waals surface area contributed by atoms with Crippen molar-refractivity contribution in [2.45, 2.75) is 70.7 Å². The molecule has 0 bridgehead atoms. The van der Waals surface area contributed by atoms with Gasteiger partial charge in [0.1, 0.15) is 6.10 Å². The van der Waals surface area contributed by atoms with Crippen molar-refractivity contribution in [3.05, 3.63) is 60.3 Å². The molecule has 0 aromatic heterocycles. The van der Waals surface area contributed by atoms with Gasteiger partial charge in [-0.1, -0.05) is 55.0 Å². The van der Waals surface area contributed by atoms with Crippen LogP contribution in [-0.2, 0) is 23.8 Å². The maximum absolute atomic E-state index is 12.5. The third-order valence-electron chi connectivity index (χ3n) is 7.53. The molecule has 0 aromatic carbocycles. The number of carbonyl (C=O) groups excluding carboxylic acids is 1. The smallest absolute Gasteiger partial charge is 0.331 e. The first-order chi connectivity index (χ1) is 16.8. The van der Waals surface area contributed by atoms with E-state index in [9.17, 15) is 9.59 Å². The van der Waals surface area contributed by atoms with Crippen molar-refractivity contribution < 1.29 is 28.9 Å². The first-order valence-corrected chi connectivity index (χ1v) is 12.7. The monoisotopic (exact) mass is 484 g/mol. The zero-order valence-corrected chi connectivity index (χ0v) is 21.4. The highest BCUT2D eigenvalue weighted by Crippen LogP contribution is 2.55. The van der Waals surface area contributed by atoms with Gasteiger partial charge in [-0.2, -0.15) is 0 Å². The van der Waals surface area contributed by atoms with Crippen LogP contribution in [-0.4, -0.2) is 48.6 Å². The molecule has 6 atom stereocenters. The van der Waals surface area contributed by atoms with E-state index in [1.54, 1.807) is 37.5 Å². The summed E-state index contributed by atoms with van der Waals surface area (Å²) in [5.41, 5.74) is 1.22. The molecule has 192 valence electrons. The van der Waals surface area contributed by atoms with E-state index in [0.717, 1.165) is 37.9 Å². The minimum atomic E-state index is -0.995. The molecule has 0 amide bonds. The second-order valence-corrected chi connectivity index (χ2v) is 10.3. The van der Waals surface area contributed by atoms with Crippen molar-refractivity contribution in [2.24, 2.45) is 23.7 Å². The molecule has 0 radical (unpaired) electrons. The van der Waals surface area contributed by atoms with Gasteiger partial charge in [-0.15, -0.1) is 0 Å². The van der Waals surface area contributed by atoms with Gasteiger partial charge in [-0.3, -0.25) is 0 Å². The normalized spacial score (nSPS) is 30.3. The van der Waals surface area contributed by atoms with Gasteiger partial charge in [0, 0.05) is 25.2 Å². The predicted molar refractivity (Wildman–Crippen MR) is 136 cm³/mol. The Kier molecular flexibility index (Phi) is 9.70. The lowest BCUT2D eigenvalue weighted by atomic mass is 9.65. The van der Waals surface area contributed by atoms with E-state index in [1.807, 2.05) is 0 Å². The van der Waals surface area contributed by atoms with Crippen LogP contribution < -0.4 is 0 Å². The van der Waals surface area contributed by atoms with Crippen molar-refractivity contribution in [3.8, 4) is 0 Å². The number of esters is 1. The molecule has 2 saturated carbocycles. The number of rotatable bonds is 12. The highest BCUT2D eigenvalue weighted by molar-refractivity contribution is 5.82. The molecule has 6 nitrogen and oxygen atoms in total. The maximum atomic E-state index is 12.5. The second-order valence-electron chi connectivity index (χ2n) is 10.3. The number of aliphatic carboxylic acids is 1. The summed E-state index contributed by atoms with van der Waals surface area (Å²) in [4.78, 5) is 22.9. The van der Waals surface area contributed by atoms with Crippen LogP contribution in [0.5, 0.6) is 0 Å². The average Bonchev–Trinajstić information content (AvgIpc) is 3.73. The Bertz CT molecular complexity index is 883. The van der Waals surface area contributed by atoms with Crippen LogP contribution in [0.3, 0.4) is 0 Å². The number of hydrogen-bond acceptors (Lipinski definition) is 5. The van der Waals surface area contributed by atoms with Crippen molar-refractivity contribution in [2.75, 3.05) is 13.7 Å². The minimum Gasteiger partial charge on any atom is -0.478 e. The van der Waals surface area contributed by atoms with E-state index in [1.165, 1.54) is 30.6 Å². The highest BCUT2D eigenvalue weighted by Gasteiger charge is 2.62. The maximum Gasteiger partial charge on any atom is 0.331 e. The minimum absolute atomic E-state index is 0.138. The van der Waals surface area contributed by atoms with Gasteiger partial charge in [-0.25, -0.2) is 9.59 Å². The summed E-state index contributed by atoms with van der Waals surface area (Å²) in [7, 11) is 1.72. The van der Waals surface area contributed by atoms with Crippen LogP contribution in [0, 0.1) is 23.7 Å². The molecule has 1 aliphatic heterocycles. The van der Waals surface area contributed by atoms with E-state index >= 15 is 0 Å². The molecule has 6 heteroatoms. The lowest BCUT2D eigenvalue weighted by Crippen LogP contribution is -2.53. The first kappa shape index (κ1) is 27.2. The molecule has 3 aliphatic rings. The number of allylic oxidation sites excluding steroid dienone is 8. The fraction of sp³-hybridized carbons (Fsp3) is 0.586. The van der Waals surface area contributed by atoms with Crippen molar-refractivity contribution in [3.63, 3.8) is 0 Å². The zero-order valence-electron chi connectivity index (χ0n) is 21.4. The van der Waals surface area contributed by atoms with E-state index in [4.69, 9.17) is 19.3 Å². The molecule has 1 N–H and O–H groups in total. The standard InChI is InChI=1S/C29H40O6/c1-20(2)13-16-23(22-14-15-22)21(3)27-28(33-4)24(17-18-29(27)19-34-29)35-26(32)12-10-8-6-5-7-9-11-25(30)31/h5-13,21-24,27-28H,14-19H2,1-4H3,(H,30,31)/b7-5+,8-6+,11-9+,12-10+/t21-,23-,24-,27+,28-,29+/m1/s1. The summed E-state index contributed by atoms with van der Waals surface area (Å²) in [6.07, 6.45) is 19.4. The molecule has 0 aromatic rings. The van der Waals surface area contributed by atoms with Crippen molar-refractivity contribution in [1.29, 1.82) is 0 Å². The third kappa shape index (κ3) is 7.77. The number of epoxide rings is 1. The number of carboxylic acid groups (broad SMARTS) is 1. The van der Waals surface area contributed by atoms with Crippen LogP contribution in [0.1, 0.15) is 52.9 Å². The van der Waals surface area contributed by atoms with Gasteiger partial charge in [0.15, 0.2) is 0 Å². The number of carboxylic acids is 1. The summed E-state index contributed by atoms with van der Waals surface area (Å²) in [5, 5.41) is 8.54. The number of hydrogen-bond donors (Lipinski definition) is 1. The molecule has 1 saturated heterocycles. The third-order valence-corrected chi connectivity index (χ3v) is 7.53. The quantitative estimate of drug-likeness (QED) is 0.131. The molecule has 1 spiro atoms. The van der Waals surface area contributed by atoms with Crippen LogP contribution >= 0.6 is 0 Å². The lowest BCUT2D eigenvalue weighted by Gasteiger charge is -2.45. The summed E-state index contributed by atoms with van der Waals surface area (Å²) >= 11 is 0. The summed E-state index contributed by atoms with van der Waals surface area (Å²) in [6.45, 7) is 7.42. The fourth-order valence-electron chi connectivity index (χ4n) is 5.60. The number of methoxy groups -OCH3 is 1. The van der Waals surface area contributed by atoms with Gasteiger partial charge in [0.25, 0.3) is 0 Å².